The summed E-state index contributed by atoms with van der Waals surface area (Å²) in [4.78, 5) is 2.60. The zero-order chi connectivity index (χ0) is 11.7. The van der Waals surface area contributed by atoms with Crippen molar-refractivity contribution in [3.8, 4) is 0 Å². The number of nitrogens with one attached hydrogen (secondary N) is 1. The summed E-state index contributed by atoms with van der Waals surface area (Å²) in [5.41, 5.74) is 0. The molecule has 1 aromatic rings. The van der Waals surface area contributed by atoms with E-state index in [2.05, 4.69) is 29.3 Å². The van der Waals surface area contributed by atoms with Gasteiger partial charge in [-0.15, -0.1) is 0 Å². The second-order valence-electron chi connectivity index (χ2n) is 5.32. The molecule has 3 heteroatoms. The maximum Gasteiger partial charge on any atom is 0.118 e. The minimum atomic E-state index is 0.735. The maximum atomic E-state index is 5.82. The van der Waals surface area contributed by atoms with Crippen LogP contribution in [-0.2, 0) is 13.0 Å². The van der Waals surface area contributed by atoms with Crippen LogP contribution in [0.2, 0.25) is 0 Å². The summed E-state index contributed by atoms with van der Waals surface area (Å²) in [5.74, 6) is 3.11. The van der Waals surface area contributed by atoms with Crippen LogP contribution in [-0.4, -0.2) is 30.6 Å². The molecule has 2 aliphatic rings. The van der Waals surface area contributed by atoms with Crippen molar-refractivity contribution in [3.05, 3.63) is 23.7 Å². The highest BCUT2D eigenvalue weighted by Crippen LogP contribution is 2.27. The van der Waals surface area contributed by atoms with Gasteiger partial charge in [-0.1, -0.05) is 6.92 Å². The minimum Gasteiger partial charge on any atom is -0.465 e. The van der Waals surface area contributed by atoms with Crippen molar-refractivity contribution >= 4 is 0 Å². The molecule has 2 unspecified atom stereocenters. The molecule has 0 spiro atoms. The molecule has 0 aromatic carbocycles. The van der Waals surface area contributed by atoms with Crippen LogP contribution in [0, 0.1) is 5.92 Å². The normalized spacial score (nSPS) is 29.5. The summed E-state index contributed by atoms with van der Waals surface area (Å²) in [6.45, 7) is 6.72. The number of hydrogen-bond donors (Lipinski definition) is 1. The number of furan rings is 1. The lowest BCUT2D eigenvalue weighted by atomic mass is 9.92. The van der Waals surface area contributed by atoms with Gasteiger partial charge in [0.1, 0.15) is 11.5 Å². The highest BCUT2D eigenvalue weighted by atomic mass is 16.3. The van der Waals surface area contributed by atoms with Crippen molar-refractivity contribution in [2.75, 3.05) is 19.6 Å². The second kappa shape index (κ2) is 4.83. The van der Waals surface area contributed by atoms with E-state index in [-0.39, 0.29) is 0 Å². The lowest BCUT2D eigenvalue weighted by Crippen LogP contribution is -2.44. The van der Waals surface area contributed by atoms with Gasteiger partial charge in [0.25, 0.3) is 0 Å². The van der Waals surface area contributed by atoms with Gasteiger partial charge in [-0.25, -0.2) is 0 Å². The zero-order valence-corrected chi connectivity index (χ0v) is 10.6. The Morgan fingerprint density at radius 3 is 3.06 bits per heavy atom. The fourth-order valence-corrected chi connectivity index (χ4v) is 3.26. The molecule has 1 aromatic heterocycles. The summed E-state index contributed by atoms with van der Waals surface area (Å²) in [6.07, 6.45) is 3.73. The lowest BCUT2D eigenvalue weighted by Gasteiger charge is -2.36. The monoisotopic (exact) mass is 234 g/mol. The van der Waals surface area contributed by atoms with Crippen molar-refractivity contribution in [3.63, 3.8) is 0 Å². The number of aryl methyl sites for hydroxylation is 1. The molecule has 3 rings (SSSR count). The summed E-state index contributed by atoms with van der Waals surface area (Å²) in [7, 11) is 0. The van der Waals surface area contributed by atoms with Gasteiger partial charge in [0.05, 0.1) is 6.54 Å². The van der Waals surface area contributed by atoms with Crippen molar-refractivity contribution in [1.82, 2.24) is 10.2 Å². The van der Waals surface area contributed by atoms with E-state index in [1.807, 2.05) is 0 Å². The van der Waals surface area contributed by atoms with Crippen LogP contribution < -0.4 is 5.32 Å². The number of nitrogens with zero attached hydrogens (tertiary/aromatic N) is 1. The van der Waals surface area contributed by atoms with E-state index in [9.17, 15) is 0 Å². The third kappa shape index (κ3) is 2.26. The molecule has 3 heterocycles. The Kier molecular flexibility index (Phi) is 3.21. The summed E-state index contributed by atoms with van der Waals surface area (Å²) in [6, 6.07) is 4.99. The third-order valence-electron chi connectivity index (χ3n) is 4.22. The molecule has 2 fully saturated rings. The molecule has 3 nitrogen and oxygen atoms in total. The number of rotatable bonds is 3. The molecule has 0 radical (unpaired) electrons. The van der Waals surface area contributed by atoms with Crippen molar-refractivity contribution < 1.29 is 4.42 Å². The van der Waals surface area contributed by atoms with Gasteiger partial charge in [0, 0.05) is 19.0 Å². The fourth-order valence-electron chi connectivity index (χ4n) is 3.26. The Labute approximate surface area is 103 Å². The molecule has 2 aliphatic heterocycles. The van der Waals surface area contributed by atoms with Crippen molar-refractivity contribution in [2.45, 2.75) is 38.8 Å². The van der Waals surface area contributed by atoms with Crippen LogP contribution >= 0.6 is 0 Å². The Balaban J connectivity index is 1.67. The van der Waals surface area contributed by atoms with E-state index >= 15 is 0 Å². The molecule has 2 saturated heterocycles. The average Bonchev–Trinajstić information content (AvgIpc) is 2.97. The van der Waals surface area contributed by atoms with Gasteiger partial charge in [-0.2, -0.15) is 0 Å². The van der Waals surface area contributed by atoms with Gasteiger partial charge in [-0.05, 0) is 44.0 Å². The molecule has 0 amide bonds. The molecule has 17 heavy (non-hydrogen) atoms. The van der Waals surface area contributed by atoms with Gasteiger partial charge in [0.15, 0.2) is 0 Å². The largest absolute Gasteiger partial charge is 0.465 e. The number of fused-ring (bicyclic) bond motifs is 1. The third-order valence-corrected chi connectivity index (χ3v) is 4.22. The van der Waals surface area contributed by atoms with Gasteiger partial charge < -0.3 is 9.73 Å². The molecule has 0 saturated carbocycles. The molecule has 0 bridgehead atoms. The minimum absolute atomic E-state index is 0.735. The molecule has 0 aliphatic carbocycles. The molecular weight excluding hydrogens is 212 g/mol. The Hall–Kier alpha value is -0.800. The smallest absolute Gasteiger partial charge is 0.118 e. The fraction of sp³-hybridized carbons (Fsp3) is 0.714. The molecular formula is C14H22N2O. The first-order chi connectivity index (χ1) is 8.36. The average molecular weight is 234 g/mol. The van der Waals surface area contributed by atoms with E-state index in [0.717, 1.165) is 43.0 Å². The van der Waals surface area contributed by atoms with Crippen LogP contribution in [0.15, 0.2) is 16.5 Å². The molecule has 94 valence electrons. The highest BCUT2D eigenvalue weighted by molar-refractivity contribution is 5.07. The van der Waals surface area contributed by atoms with Gasteiger partial charge >= 0.3 is 0 Å². The van der Waals surface area contributed by atoms with E-state index in [1.54, 1.807) is 0 Å². The van der Waals surface area contributed by atoms with E-state index < -0.39 is 0 Å². The van der Waals surface area contributed by atoms with Crippen LogP contribution in [0.1, 0.15) is 31.3 Å². The quantitative estimate of drug-likeness (QED) is 0.867. The van der Waals surface area contributed by atoms with Crippen LogP contribution in [0.4, 0.5) is 0 Å². The predicted octanol–water partition coefficient (Wildman–Crippen LogP) is 2.03. The Morgan fingerprint density at radius 2 is 2.24 bits per heavy atom. The van der Waals surface area contributed by atoms with Crippen molar-refractivity contribution in [2.24, 2.45) is 5.92 Å². The summed E-state index contributed by atoms with van der Waals surface area (Å²) < 4.78 is 5.82. The number of piperidine rings is 1. The first-order valence-electron chi connectivity index (χ1n) is 6.89. The zero-order valence-electron chi connectivity index (χ0n) is 10.6. The topological polar surface area (TPSA) is 28.4 Å². The lowest BCUT2D eigenvalue weighted by molar-refractivity contribution is 0.108. The molecule has 1 N–H and O–H groups in total. The number of hydrogen-bond acceptors (Lipinski definition) is 3. The van der Waals surface area contributed by atoms with Crippen LogP contribution in [0.5, 0.6) is 0 Å². The highest BCUT2D eigenvalue weighted by Gasteiger charge is 2.34. The van der Waals surface area contributed by atoms with Gasteiger partial charge in [-0.3, -0.25) is 4.90 Å². The summed E-state index contributed by atoms with van der Waals surface area (Å²) >= 11 is 0. The second-order valence-corrected chi connectivity index (χ2v) is 5.32. The predicted molar refractivity (Wildman–Crippen MR) is 67.9 cm³/mol. The Bertz CT molecular complexity index is 374. The standard InChI is InChI=1S/C14H22N2O/c1-2-12-5-6-13(17-12)10-16-7-3-4-11-8-15-9-14(11)16/h5-6,11,14-15H,2-4,7-10H2,1H3. The maximum absolute atomic E-state index is 5.82. The van der Waals surface area contributed by atoms with Crippen LogP contribution in [0.25, 0.3) is 0 Å². The molecule has 2 atom stereocenters. The first-order valence-corrected chi connectivity index (χ1v) is 6.89. The van der Waals surface area contributed by atoms with E-state index in [1.165, 1.54) is 25.9 Å². The van der Waals surface area contributed by atoms with E-state index in [0.29, 0.717) is 0 Å². The Morgan fingerprint density at radius 1 is 1.35 bits per heavy atom. The van der Waals surface area contributed by atoms with E-state index in [4.69, 9.17) is 4.42 Å². The SMILES string of the molecule is CCc1ccc(CN2CCCC3CNCC32)o1. The van der Waals surface area contributed by atoms with Crippen molar-refractivity contribution in [1.29, 1.82) is 0 Å². The van der Waals surface area contributed by atoms with Crippen LogP contribution in [0.3, 0.4) is 0 Å². The summed E-state index contributed by atoms with van der Waals surface area (Å²) in [5, 5.41) is 3.52. The first kappa shape index (κ1) is 11.3. The van der Waals surface area contributed by atoms with Gasteiger partial charge in [0.2, 0.25) is 0 Å². The number of likely N-dealkylation sites (tertiary alicyclic amines) is 1.